The monoisotopic (exact) mass is 348 g/mol. The zero-order valence-electron chi connectivity index (χ0n) is 15.8. The van der Waals surface area contributed by atoms with Crippen LogP contribution in [-0.4, -0.2) is 6.61 Å². The Morgan fingerprint density at radius 1 is 1.08 bits per heavy atom. The van der Waals surface area contributed by atoms with E-state index < -0.39 is 0 Å². The molecule has 2 aromatic carbocycles. The molecule has 0 bridgehead atoms. The number of rotatable bonds is 10. The van der Waals surface area contributed by atoms with Crippen LogP contribution < -0.4 is 10.1 Å². The predicted octanol–water partition coefficient (Wildman–Crippen LogP) is 5.95. The minimum Gasteiger partial charge on any atom is -0.494 e. The molecule has 136 valence electrons. The van der Waals surface area contributed by atoms with E-state index in [1.54, 1.807) is 0 Å². The number of unbranched alkanes of at least 4 members (excludes halogenated alkanes) is 1. The first kappa shape index (κ1) is 19.6. The first-order chi connectivity index (χ1) is 12.5. The number of benzene rings is 2. The molecule has 2 aromatic rings. The zero-order chi connectivity index (χ0) is 18.8. The van der Waals surface area contributed by atoms with E-state index in [1.165, 1.54) is 5.56 Å². The summed E-state index contributed by atoms with van der Waals surface area (Å²) in [5.41, 5.74) is 2.91. The van der Waals surface area contributed by atoms with Crippen LogP contribution in [0.1, 0.15) is 38.7 Å². The number of nitriles is 1. The lowest BCUT2D eigenvalue weighted by Crippen LogP contribution is -2.19. The molecular formula is C23H28N2O. The van der Waals surface area contributed by atoms with Crippen LogP contribution in [0.25, 0.3) is 0 Å². The first-order valence-electron chi connectivity index (χ1n) is 9.11. The number of hydrogen-bond acceptors (Lipinski definition) is 3. The predicted molar refractivity (Wildman–Crippen MR) is 108 cm³/mol. The summed E-state index contributed by atoms with van der Waals surface area (Å²) >= 11 is 0. The highest BCUT2D eigenvalue weighted by atomic mass is 16.5. The summed E-state index contributed by atoms with van der Waals surface area (Å²) < 4.78 is 5.82. The Labute approximate surface area is 157 Å². The second-order valence-corrected chi connectivity index (χ2v) is 7.14. The molecule has 0 aromatic heterocycles. The fraction of sp³-hybridized carbons (Fsp3) is 0.348. The Kier molecular flexibility index (Phi) is 7.29. The van der Waals surface area contributed by atoms with Crippen molar-refractivity contribution in [3.63, 3.8) is 0 Å². The van der Waals surface area contributed by atoms with Gasteiger partial charge in [-0.25, -0.2) is 0 Å². The van der Waals surface area contributed by atoms with Gasteiger partial charge >= 0.3 is 0 Å². The molecule has 2 rings (SSSR count). The van der Waals surface area contributed by atoms with Crippen molar-refractivity contribution >= 4 is 5.69 Å². The normalized spacial score (nSPS) is 10.8. The molecule has 0 aliphatic carbocycles. The van der Waals surface area contributed by atoms with Crippen molar-refractivity contribution in [2.75, 3.05) is 11.9 Å². The van der Waals surface area contributed by atoms with Crippen LogP contribution >= 0.6 is 0 Å². The minimum absolute atomic E-state index is 0.261. The Morgan fingerprint density at radius 2 is 1.77 bits per heavy atom. The molecule has 26 heavy (non-hydrogen) atoms. The standard InChI is InChI=1S/C23H28N2O/c1-19(23(2,3)16-17-24)25-21-12-14-22(15-13-21)26-18-8-7-11-20-9-5-4-6-10-20/h4-6,9-10,12-15,25H,1,7-8,11,16,18H2,2-3H3. The molecule has 3 nitrogen and oxygen atoms in total. The fourth-order valence-electron chi connectivity index (χ4n) is 2.55. The van der Waals surface area contributed by atoms with E-state index in [0.717, 1.165) is 43.0 Å². The molecule has 3 heteroatoms. The van der Waals surface area contributed by atoms with Gasteiger partial charge in [0.2, 0.25) is 0 Å². The van der Waals surface area contributed by atoms with Gasteiger partial charge in [-0.1, -0.05) is 50.8 Å². The highest BCUT2D eigenvalue weighted by Crippen LogP contribution is 2.30. The topological polar surface area (TPSA) is 45.0 Å². The number of hydrogen-bond donors (Lipinski definition) is 1. The quantitative estimate of drug-likeness (QED) is 0.539. The third-order valence-electron chi connectivity index (χ3n) is 4.46. The van der Waals surface area contributed by atoms with Crippen LogP contribution in [0.2, 0.25) is 0 Å². The van der Waals surface area contributed by atoms with Crippen LogP contribution in [0.15, 0.2) is 66.9 Å². The van der Waals surface area contributed by atoms with Gasteiger partial charge in [0, 0.05) is 23.2 Å². The van der Waals surface area contributed by atoms with E-state index in [1.807, 2.05) is 44.2 Å². The van der Waals surface area contributed by atoms with Crippen molar-refractivity contribution in [1.29, 1.82) is 5.26 Å². The van der Waals surface area contributed by atoms with E-state index in [4.69, 9.17) is 10.00 Å². The maximum Gasteiger partial charge on any atom is 0.119 e. The van der Waals surface area contributed by atoms with Gasteiger partial charge in [0.15, 0.2) is 0 Å². The average molecular weight is 348 g/mol. The lowest BCUT2D eigenvalue weighted by molar-refractivity contribution is 0.307. The van der Waals surface area contributed by atoms with Crippen LogP contribution in [0.3, 0.4) is 0 Å². The van der Waals surface area contributed by atoms with Crippen molar-refractivity contribution in [3.8, 4) is 11.8 Å². The molecule has 0 aliphatic rings. The number of allylic oxidation sites excluding steroid dienone is 1. The van der Waals surface area contributed by atoms with Gasteiger partial charge in [0.05, 0.1) is 12.7 Å². The van der Waals surface area contributed by atoms with Gasteiger partial charge in [0.25, 0.3) is 0 Å². The summed E-state index contributed by atoms with van der Waals surface area (Å²) in [7, 11) is 0. The molecule has 0 amide bonds. The van der Waals surface area contributed by atoms with Gasteiger partial charge in [-0.15, -0.1) is 0 Å². The van der Waals surface area contributed by atoms with Crippen molar-refractivity contribution in [2.45, 2.75) is 39.5 Å². The SMILES string of the molecule is C=C(Nc1ccc(OCCCCc2ccccc2)cc1)C(C)(C)CC#N. The van der Waals surface area contributed by atoms with Gasteiger partial charge in [0.1, 0.15) is 5.75 Å². The summed E-state index contributed by atoms with van der Waals surface area (Å²) in [5.74, 6) is 0.872. The average Bonchev–Trinajstić information content (AvgIpc) is 2.63. The zero-order valence-corrected chi connectivity index (χ0v) is 15.8. The van der Waals surface area contributed by atoms with Crippen molar-refractivity contribution in [1.82, 2.24) is 0 Å². The number of aryl methyl sites for hydroxylation is 1. The van der Waals surface area contributed by atoms with Crippen LogP contribution in [-0.2, 0) is 6.42 Å². The molecule has 0 unspecified atom stereocenters. The van der Waals surface area contributed by atoms with Crippen molar-refractivity contribution in [2.24, 2.45) is 5.41 Å². The third kappa shape index (κ3) is 6.29. The van der Waals surface area contributed by atoms with Gasteiger partial charge in [-0.05, 0) is 49.1 Å². The number of nitrogens with one attached hydrogen (secondary N) is 1. The molecule has 0 aliphatic heterocycles. The summed E-state index contributed by atoms with van der Waals surface area (Å²) in [5, 5.41) is 12.2. The van der Waals surface area contributed by atoms with Crippen LogP contribution in [0.4, 0.5) is 5.69 Å². The molecule has 1 N–H and O–H groups in total. The molecule has 0 fully saturated rings. The second kappa shape index (κ2) is 9.68. The third-order valence-corrected chi connectivity index (χ3v) is 4.46. The molecule has 0 saturated carbocycles. The van der Waals surface area contributed by atoms with E-state index in [-0.39, 0.29) is 5.41 Å². The number of nitrogens with zero attached hydrogens (tertiary/aromatic N) is 1. The Balaban J connectivity index is 1.72. The van der Waals surface area contributed by atoms with E-state index in [0.29, 0.717) is 6.42 Å². The van der Waals surface area contributed by atoms with Crippen LogP contribution in [0.5, 0.6) is 5.75 Å². The summed E-state index contributed by atoms with van der Waals surface area (Å²) in [6.07, 6.45) is 3.68. The minimum atomic E-state index is -0.261. The Hall–Kier alpha value is -2.73. The molecule has 0 saturated heterocycles. The summed E-state index contributed by atoms with van der Waals surface area (Å²) in [4.78, 5) is 0. The highest BCUT2D eigenvalue weighted by molar-refractivity contribution is 5.51. The van der Waals surface area contributed by atoms with Crippen molar-refractivity contribution in [3.05, 3.63) is 72.4 Å². The molecule has 0 atom stereocenters. The summed E-state index contributed by atoms with van der Waals surface area (Å²) in [6, 6.07) is 20.6. The molecule has 0 spiro atoms. The first-order valence-corrected chi connectivity index (χ1v) is 9.11. The molecule has 0 radical (unpaired) electrons. The molecule has 0 heterocycles. The number of anilines is 1. The lowest BCUT2D eigenvalue weighted by atomic mass is 9.86. The largest absolute Gasteiger partial charge is 0.494 e. The molecular weight excluding hydrogens is 320 g/mol. The maximum absolute atomic E-state index is 8.90. The summed E-state index contributed by atoms with van der Waals surface area (Å²) in [6.45, 7) is 8.81. The Morgan fingerprint density at radius 3 is 2.42 bits per heavy atom. The van der Waals surface area contributed by atoms with E-state index >= 15 is 0 Å². The van der Waals surface area contributed by atoms with E-state index in [2.05, 4.69) is 42.2 Å². The smallest absolute Gasteiger partial charge is 0.119 e. The van der Waals surface area contributed by atoms with Gasteiger partial charge < -0.3 is 10.1 Å². The maximum atomic E-state index is 8.90. The van der Waals surface area contributed by atoms with Crippen LogP contribution in [0, 0.1) is 16.7 Å². The van der Waals surface area contributed by atoms with Gasteiger partial charge in [-0.2, -0.15) is 5.26 Å². The fourth-order valence-corrected chi connectivity index (χ4v) is 2.55. The number of ether oxygens (including phenoxy) is 1. The van der Waals surface area contributed by atoms with E-state index in [9.17, 15) is 0 Å². The Bertz CT molecular complexity index is 727. The van der Waals surface area contributed by atoms with Crippen molar-refractivity contribution < 1.29 is 4.74 Å². The second-order valence-electron chi connectivity index (χ2n) is 7.14. The lowest BCUT2D eigenvalue weighted by Gasteiger charge is -2.25. The highest BCUT2D eigenvalue weighted by Gasteiger charge is 2.21. The van der Waals surface area contributed by atoms with Gasteiger partial charge in [-0.3, -0.25) is 0 Å².